The van der Waals surface area contributed by atoms with Crippen molar-refractivity contribution in [2.24, 2.45) is 0 Å². The molecule has 0 amide bonds. The number of halogens is 4. The van der Waals surface area contributed by atoms with Crippen LogP contribution in [0.4, 0.5) is 13.2 Å². The molecule has 0 saturated heterocycles. The number of hydrogen-bond acceptors (Lipinski definition) is 6. The molecular weight excluding hydrogens is 365 g/mol. The minimum Gasteiger partial charge on any atom is -0.338 e. The summed E-state index contributed by atoms with van der Waals surface area (Å²) in [7, 11) is 0. The van der Waals surface area contributed by atoms with Crippen LogP contribution in [0.1, 0.15) is 11.5 Å². The van der Waals surface area contributed by atoms with Crippen molar-refractivity contribution < 1.29 is 17.7 Å². The highest BCUT2D eigenvalue weighted by atomic mass is 35.5. The Kier molecular flexibility index (Phi) is 4.72. The lowest BCUT2D eigenvalue weighted by Crippen LogP contribution is -2.05. The lowest BCUT2D eigenvalue weighted by atomic mass is 10.3. The fraction of sp³-hybridized carbons (Fsp3) is 0.143. The highest BCUT2D eigenvalue weighted by molar-refractivity contribution is 7.98. The van der Waals surface area contributed by atoms with Gasteiger partial charge in [-0.15, -0.1) is 0 Å². The van der Waals surface area contributed by atoms with E-state index in [1.165, 1.54) is 0 Å². The van der Waals surface area contributed by atoms with Gasteiger partial charge in [-0.2, -0.15) is 18.2 Å². The minimum absolute atomic E-state index is 0.0816. The van der Waals surface area contributed by atoms with Gasteiger partial charge in [-0.3, -0.25) is 4.98 Å². The summed E-state index contributed by atoms with van der Waals surface area (Å²) in [5, 5.41) is 4.00. The number of alkyl halides is 3. The molecule has 0 aliphatic heterocycles. The number of pyridine rings is 2. The first kappa shape index (κ1) is 16.7. The molecule has 0 bridgehead atoms. The normalized spacial score (nSPS) is 11.7. The third-order valence-corrected chi connectivity index (χ3v) is 4.25. The highest BCUT2D eigenvalue weighted by Crippen LogP contribution is 2.34. The predicted octanol–water partition coefficient (Wildman–Crippen LogP) is 4.49. The second-order valence-corrected chi connectivity index (χ2v) is 5.92. The van der Waals surface area contributed by atoms with E-state index in [0.29, 0.717) is 17.3 Å². The van der Waals surface area contributed by atoms with Gasteiger partial charge in [-0.05, 0) is 18.2 Å². The Morgan fingerprint density at radius 1 is 1.25 bits per heavy atom. The fourth-order valence-corrected chi connectivity index (χ4v) is 2.77. The van der Waals surface area contributed by atoms with Gasteiger partial charge in [0.25, 0.3) is 0 Å². The van der Waals surface area contributed by atoms with Crippen molar-refractivity contribution in [1.82, 2.24) is 20.1 Å². The molecule has 0 radical (unpaired) electrons. The molecule has 0 atom stereocenters. The van der Waals surface area contributed by atoms with Gasteiger partial charge in [0.05, 0.1) is 16.3 Å². The summed E-state index contributed by atoms with van der Waals surface area (Å²) in [4.78, 5) is 11.9. The topological polar surface area (TPSA) is 64.7 Å². The summed E-state index contributed by atoms with van der Waals surface area (Å²) < 4.78 is 42.8. The second kappa shape index (κ2) is 6.78. The molecule has 0 spiro atoms. The zero-order valence-corrected chi connectivity index (χ0v) is 13.4. The van der Waals surface area contributed by atoms with Crippen molar-refractivity contribution in [1.29, 1.82) is 0 Å². The molecule has 0 unspecified atom stereocenters. The molecule has 3 aromatic heterocycles. The zero-order chi connectivity index (χ0) is 17.2. The maximum Gasteiger partial charge on any atom is 0.417 e. The van der Waals surface area contributed by atoms with Crippen LogP contribution in [0.25, 0.3) is 11.4 Å². The number of hydrogen-bond donors (Lipinski definition) is 0. The van der Waals surface area contributed by atoms with Crippen molar-refractivity contribution in [2.45, 2.75) is 17.0 Å². The highest BCUT2D eigenvalue weighted by Gasteiger charge is 2.31. The Morgan fingerprint density at radius 3 is 2.75 bits per heavy atom. The van der Waals surface area contributed by atoms with Crippen molar-refractivity contribution in [3.63, 3.8) is 0 Å². The third kappa shape index (κ3) is 3.85. The van der Waals surface area contributed by atoms with Crippen molar-refractivity contribution in [2.75, 3.05) is 0 Å². The summed E-state index contributed by atoms with van der Waals surface area (Å²) >= 11 is 6.95. The van der Waals surface area contributed by atoms with Crippen LogP contribution in [0.2, 0.25) is 5.02 Å². The average molecular weight is 373 g/mol. The van der Waals surface area contributed by atoms with E-state index in [4.69, 9.17) is 16.1 Å². The Bertz CT molecular complexity index is 842. The standard InChI is InChI=1S/C14H8ClF3N4OS/c15-10-4-9(14(16,17)18)6-20-13(10)24-7-11-21-12(22-23-11)8-2-1-3-19-5-8/h1-6H,7H2. The first-order valence-corrected chi connectivity index (χ1v) is 7.88. The zero-order valence-electron chi connectivity index (χ0n) is 11.8. The second-order valence-electron chi connectivity index (χ2n) is 4.55. The van der Waals surface area contributed by atoms with Gasteiger partial charge in [0.15, 0.2) is 0 Å². The summed E-state index contributed by atoms with van der Waals surface area (Å²) in [6.45, 7) is 0. The Labute approximate surface area is 143 Å². The van der Waals surface area contributed by atoms with E-state index in [2.05, 4.69) is 20.1 Å². The molecule has 3 heterocycles. The molecule has 124 valence electrons. The lowest BCUT2D eigenvalue weighted by Gasteiger charge is -2.08. The van der Waals surface area contributed by atoms with Gasteiger partial charge in [0, 0.05) is 24.2 Å². The summed E-state index contributed by atoms with van der Waals surface area (Å²) in [6.07, 6.45) is -0.525. The number of rotatable bonds is 4. The van der Waals surface area contributed by atoms with Crippen LogP contribution in [0.15, 0.2) is 46.3 Å². The maximum absolute atomic E-state index is 12.6. The van der Waals surface area contributed by atoms with Crippen LogP contribution in [0.5, 0.6) is 0 Å². The first-order chi connectivity index (χ1) is 11.4. The van der Waals surface area contributed by atoms with E-state index in [1.807, 2.05) is 0 Å². The van der Waals surface area contributed by atoms with Crippen LogP contribution in [0, 0.1) is 0 Å². The lowest BCUT2D eigenvalue weighted by molar-refractivity contribution is -0.137. The number of thioether (sulfide) groups is 1. The molecule has 0 aliphatic rings. The molecule has 3 rings (SSSR count). The summed E-state index contributed by atoms with van der Waals surface area (Å²) in [5.74, 6) is 0.910. The van der Waals surface area contributed by atoms with Crippen LogP contribution >= 0.6 is 23.4 Å². The molecule has 10 heteroatoms. The quantitative estimate of drug-likeness (QED) is 0.629. The molecule has 0 fully saturated rings. The van der Waals surface area contributed by atoms with E-state index < -0.39 is 11.7 Å². The Balaban J connectivity index is 1.69. The van der Waals surface area contributed by atoms with Crippen LogP contribution in [-0.2, 0) is 11.9 Å². The van der Waals surface area contributed by atoms with Gasteiger partial charge in [0.1, 0.15) is 5.03 Å². The molecule has 0 aromatic carbocycles. The smallest absolute Gasteiger partial charge is 0.338 e. The van der Waals surface area contributed by atoms with Crippen LogP contribution in [-0.4, -0.2) is 20.1 Å². The van der Waals surface area contributed by atoms with E-state index in [0.717, 1.165) is 24.0 Å². The van der Waals surface area contributed by atoms with Gasteiger partial charge in [-0.1, -0.05) is 28.5 Å². The molecule has 0 N–H and O–H groups in total. The molecule has 24 heavy (non-hydrogen) atoms. The first-order valence-electron chi connectivity index (χ1n) is 6.52. The molecular formula is C14H8ClF3N4OS. The number of aromatic nitrogens is 4. The van der Waals surface area contributed by atoms with E-state index in [-0.39, 0.29) is 15.8 Å². The summed E-state index contributed by atoms with van der Waals surface area (Å²) in [6, 6.07) is 4.36. The van der Waals surface area contributed by atoms with Gasteiger partial charge in [-0.25, -0.2) is 4.98 Å². The minimum atomic E-state index is -4.48. The molecule has 3 aromatic rings. The Morgan fingerprint density at radius 2 is 2.08 bits per heavy atom. The number of nitrogens with zero attached hydrogens (tertiary/aromatic N) is 4. The monoisotopic (exact) mass is 372 g/mol. The van der Waals surface area contributed by atoms with E-state index in [1.54, 1.807) is 24.5 Å². The van der Waals surface area contributed by atoms with Crippen LogP contribution in [0.3, 0.4) is 0 Å². The molecule has 5 nitrogen and oxygen atoms in total. The van der Waals surface area contributed by atoms with Gasteiger partial charge < -0.3 is 4.52 Å². The maximum atomic E-state index is 12.6. The predicted molar refractivity (Wildman–Crippen MR) is 81.3 cm³/mol. The molecule has 0 aliphatic carbocycles. The largest absolute Gasteiger partial charge is 0.417 e. The Hall–Kier alpha value is -2.13. The average Bonchev–Trinajstić information content (AvgIpc) is 3.02. The van der Waals surface area contributed by atoms with Gasteiger partial charge >= 0.3 is 6.18 Å². The SMILES string of the molecule is FC(F)(F)c1cnc(SCc2nc(-c3cccnc3)no2)c(Cl)c1. The van der Waals surface area contributed by atoms with Crippen molar-refractivity contribution in [3.05, 3.63) is 53.3 Å². The molecule has 0 saturated carbocycles. The van der Waals surface area contributed by atoms with Crippen LogP contribution < -0.4 is 0 Å². The van der Waals surface area contributed by atoms with Crippen molar-refractivity contribution in [3.8, 4) is 11.4 Å². The van der Waals surface area contributed by atoms with E-state index >= 15 is 0 Å². The van der Waals surface area contributed by atoms with E-state index in [9.17, 15) is 13.2 Å². The van der Waals surface area contributed by atoms with Gasteiger partial charge in [0.2, 0.25) is 11.7 Å². The fourth-order valence-electron chi connectivity index (χ4n) is 1.74. The van der Waals surface area contributed by atoms with Crippen molar-refractivity contribution >= 4 is 23.4 Å². The third-order valence-electron chi connectivity index (χ3n) is 2.85. The summed E-state index contributed by atoms with van der Waals surface area (Å²) in [5.41, 5.74) is -0.198.